The smallest absolute Gasteiger partial charge is 0.237 e. The van der Waals surface area contributed by atoms with Crippen molar-refractivity contribution in [1.29, 1.82) is 0 Å². The van der Waals surface area contributed by atoms with Crippen LogP contribution in [0.3, 0.4) is 0 Å². The van der Waals surface area contributed by atoms with E-state index in [-0.39, 0.29) is 5.92 Å². The maximum absolute atomic E-state index is 12.7. The SMILES string of the molecule is Cc1ccc2c(c1OCCCCn1ccnc1)C(=O)C(=O)C(C(C)C)=C2. The molecule has 1 aliphatic carbocycles. The lowest BCUT2D eigenvalue weighted by Gasteiger charge is -2.21. The minimum absolute atomic E-state index is 0.0217. The highest BCUT2D eigenvalue weighted by molar-refractivity contribution is 6.52. The molecule has 1 heterocycles. The number of imidazole rings is 1. The number of aryl methyl sites for hydroxylation is 2. The van der Waals surface area contributed by atoms with Crippen LogP contribution in [0.4, 0.5) is 0 Å². The first-order chi connectivity index (χ1) is 12.5. The number of aromatic nitrogens is 2. The van der Waals surface area contributed by atoms with Crippen molar-refractivity contribution in [1.82, 2.24) is 9.55 Å². The molecule has 0 saturated heterocycles. The fraction of sp³-hybridized carbons (Fsp3) is 0.381. The van der Waals surface area contributed by atoms with Crippen molar-refractivity contribution in [3.63, 3.8) is 0 Å². The number of Topliss-reactive ketones (excluding diaryl/α,β-unsaturated/α-hetero) is 2. The molecule has 0 fully saturated rings. The Morgan fingerprint density at radius 2 is 1.96 bits per heavy atom. The van der Waals surface area contributed by atoms with Crippen LogP contribution in [0.5, 0.6) is 5.75 Å². The first kappa shape index (κ1) is 18.1. The Morgan fingerprint density at radius 1 is 1.15 bits per heavy atom. The summed E-state index contributed by atoms with van der Waals surface area (Å²) in [4.78, 5) is 29.1. The molecule has 5 nitrogen and oxygen atoms in total. The number of nitrogens with zero attached hydrogens (tertiary/aromatic N) is 2. The molecule has 1 aromatic carbocycles. The summed E-state index contributed by atoms with van der Waals surface area (Å²) in [6.45, 7) is 7.14. The highest BCUT2D eigenvalue weighted by atomic mass is 16.5. The summed E-state index contributed by atoms with van der Waals surface area (Å²) in [5.41, 5.74) is 2.63. The van der Waals surface area contributed by atoms with E-state index in [9.17, 15) is 9.59 Å². The van der Waals surface area contributed by atoms with Gasteiger partial charge in [0.1, 0.15) is 5.75 Å². The lowest BCUT2D eigenvalue weighted by atomic mass is 9.84. The molecule has 0 saturated carbocycles. The van der Waals surface area contributed by atoms with Crippen molar-refractivity contribution in [2.24, 2.45) is 5.92 Å². The standard InChI is InChI=1S/C21H24N2O3/c1-14(2)17-12-16-7-6-15(3)21(18(16)20(25)19(17)24)26-11-5-4-9-23-10-8-22-13-23/h6-8,10,12-14H,4-5,9,11H2,1-3H3. The fourth-order valence-corrected chi connectivity index (χ4v) is 3.14. The third-order valence-corrected chi connectivity index (χ3v) is 4.63. The normalized spacial score (nSPS) is 13.8. The van der Waals surface area contributed by atoms with Crippen LogP contribution < -0.4 is 4.74 Å². The van der Waals surface area contributed by atoms with Crippen molar-refractivity contribution in [2.75, 3.05) is 6.61 Å². The molecular weight excluding hydrogens is 328 g/mol. The summed E-state index contributed by atoms with van der Waals surface area (Å²) in [5.74, 6) is -0.303. The minimum atomic E-state index is -0.455. The first-order valence-electron chi connectivity index (χ1n) is 9.01. The number of rotatable bonds is 7. The number of allylic oxidation sites excluding steroid dienone is 1. The highest BCUT2D eigenvalue weighted by Crippen LogP contribution is 2.34. The van der Waals surface area contributed by atoms with Crippen LogP contribution >= 0.6 is 0 Å². The van der Waals surface area contributed by atoms with Crippen LogP contribution in [-0.4, -0.2) is 27.7 Å². The Balaban J connectivity index is 1.73. The van der Waals surface area contributed by atoms with Gasteiger partial charge in [-0.1, -0.05) is 26.0 Å². The summed E-state index contributed by atoms with van der Waals surface area (Å²) >= 11 is 0. The maximum atomic E-state index is 12.7. The van der Waals surface area contributed by atoms with Gasteiger partial charge in [-0.2, -0.15) is 0 Å². The highest BCUT2D eigenvalue weighted by Gasteiger charge is 2.32. The summed E-state index contributed by atoms with van der Waals surface area (Å²) in [7, 11) is 0. The van der Waals surface area contributed by atoms with Crippen LogP contribution in [0.15, 0.2) is 36.4 Å². The Morgan fingerprint density at radius 3 is 2.65 bits per heavy atom. The zero-order valence-corrected chi connectivity index (χ0v) is 15.5. The summed E-state index contributed by atoms with van der Waals surface area (Å²) in [5, 5.41) is 0. The Labute approximate surface area is 153 Å². The molecule has 0 atom stereocenters. The molecule has 3 rings (SSSR count). The molecule has 0 N–H and O–H groups in total. The molecule has 2 aromatic rings. The zero-order valence-electron chi connectivity index (χ0n) is 15.5. The number of fused-ring (bicyclic) bond motifs is 1. The molecule has 1 aliphatic rings. The van der Waals surface area contributed by atoms with Gasteiger partial charge in [-0.15, -0.1) is 0 Å². The van der Waals surface area contributed by atoms with E-state index in [1.54, 1.807) is 12.5 Å². The topological polar surface area (TPSA) is 61.2 Å². The van der Waals surface area contributed by atoms with Crippen molar-refractivity contribution in [3.8, 4) is 5.75 Å². The third-order valence-electron chi connectivity index (χ3n) is 4.63. The van der Waals surface area contributed by atoms with E-state index in [4.69, 9.17) is 4.74 Å². The number of benzene rings is 1. The maximum Gasteiger partial charge on any atom is 0.237 e. The van der Waals surface area contributed by atoms with Crippen molar-refractivity contribution in [3.05, 3.63) is 53.1 Å². The van der Waals surface area contributed by atoms with E-state index in [1.165, 1.54) is 0 Å². The van der Waals surface area contributed by atoms with E-state index in [0.29, 0.717) is 23.5 Å². The Bertz CT molecular complexity index is 848. The fourth-order valence-electron chi connectivity index (χ4n) is 3.14. The lowest BCUT2D eigenvalue weighted by molar-refractivity contribution is -0.112. The Hall–Kier alpha value is -2.69. The average molecular weight is 352 g/mol. The number of carbonyl (C=O) groups is 2. The zero-order chi connectivity index (χ0) is 18.7. The molecular formula is C21H24N2O3. The van der Waals surface area contributed by atoms with Crippen LogP contribution in [0.25, 0.3) is 6.08 Å². The van der Waals surface area contributed by atoms with Gasteiger partial charge in [-0.25, -0.2) is 4.98 Å². The van der Waals surface area contributed by atoms with E-state index < -0.39 is 11.6 Å². The molecule has 136 valence electrons. The molecule has 0 bridgehead atoms. The van der Waals surface area contributed by atoms with Gasteiger partial charge in [-0.3, -0.25) is 9.59 Å². The lowest BCUT2D eigenvalue weighted by Crippen LogP contribution is -2.25. The van der Waals surface area contributed by atoms with E-state index in [2.05, 4.69) is 4.98 Å². The number of hydrogen-bond donors (Lipinski definition) is 0. The number of ketones is 2. The summed E-state index contributed by atoms with van der Waals surface area (Å²) in [6, 6.07) is 3.83. The summed E-state index contributed by atoms with van der Waals surface area (Å²) in [6.07, 6.45) is 9.13. The number of unbranched alkanes of at least 4 members (excludes halogenated alkanes) is 1. The van der Waals surface area contributed by atoms with Gasteiger partial charge in [0.05, 0.1) is 18.5 Å². The quantitative estimate of drug-likeness (QED) is 0.561. The predicted octanol–water partition coefficient (Wildman–Crippen LogP) is 3.86. The molecule has 0 spiro atoms. The van der Waals surface area contributed by atoms with Crippen molar-refractivity contribution < 1.29 is 14.3 Å². The van der Waals surface area contributed by atoms with Gasteiger partial charge >= 0.3 is 0 Å². The van der Waals surface area contributed by atoms with Gasteiger partial charge < -0.3 is 9.30 Å². The molecule has 1 aromatic heterocycles. The molecule has 0 amide bonds. The molecule has 0 aliphatic heterocycles. The average Bonchev–Trinajstić information content (AvgIpc) is 3.12. The van der Waals surface area contributed by atoms with Gasteiger partial charge in [0.2, 0.25) is 11.6 Å². The molecule has 0 radical (unpaired) electrons. The van der Waals surface area contributed by atoms with Gasteiger partial charge in [0.25, 0.3) is 0 Å². The number of carbonyl (C=O) groups excluding carboxylic acids is 2. The summed E-state index contributed by atoms with van der Waals surface area (Å²) < 4.78 is 7.97. The number of ether oxygens (including phenoxy) is 1. The van der Waals surface area contributed by atoms with Crippen molar-refractivity contribution in [2.45, 2.75) is 40.2 Å². The van der Waals surface area contributed by atoms with Crippen LogP contribution in [0.1, 0.15) is 48.2 Å². The van der Waals surface area contributed by atoms with Crippen LogP contribution in [0, 0.1) is 12.8 Å². The first-order valence-corrected chi connectivity index (χ1v) is 9.01. The molecule has 0 unspecified atom stereocenters. The van der Waals surface area contributed by atoms with Gasteiger partial charge in [0, 0.05) is 24.5 Å². The predicted molar refractivity (Wildman–Crippen MR) is 100 cm³/mol. The van der Waals surface area contributed by atoms with Gasteiger partial charge in [0.15, 0.2) is 0 Å². The Kier molecular flexibility index (Phi) is 5.35. The van der Waals surface area contributed by atoms with Crippen LogP contribution in [0.2, 0.25) is 0 Å². The van der Waals surface area contributed by atoms with Gasteiger partial charge in [-0.05, 0) is 42.9 Å². The monoisotopic (exact) mass is 352 g/mol. The molecule has 26 heavy (non-hydrogen) atoms. The largest absolute Gasteiger partial charge is 0.493 e. The van der Waals surface area contributed by atoms with E-state index in [1.807, 2.05) is 49.7 Å². The van der Waals surface area contributed by atoms with Crippen molar-refractivity contribution >= 4 is 17.6 Å². The van der Waals surface area contributed by atoms with E-state index in [0.717, 1.165) is 30.5 Å². The second kappa shape index (κ2) is 7.68. The van der Waals surface area contributed by atoms with Crippen LogP contribution in [-0.2, 0) is 11.3 Å². The second-order valence-corrected chi connectivity index (χ2v) is 6.94. The minimum Gasteiger partial charge on any atom is -0.493 e. The molecule has 5 heteroatoms. The number of hydrogen-bond acceptors (Lipinski definition) is 4. The third kappa shape index (κ3) is 3.62. The second-order valence-electron chi connectivity index (χ2n) is 6.94. The van der Waals surface area contributed by atoms with E-state index >= 15 is 0 Å².